The lowest BCUT2D eigenvalue weighted by molar-refractivity contribution is 0.432. The van der Waals surface area contributed by atoms with Crippen LogP contribution in [-0.2, 0) is 15.4 Å². The van der Waals surface area contributed by atoms with Crippen LogP contribution in [0.15, 0.2) is 35.2 Å². The summed E-state index contributed by atoms with van der Waals surface area (Å²) in [7, 11) is -4.47. The van der Waals surface area contributed by atoms with Crippen molar-refractivity contribution >= 4 is 27.3 Å². The minimum absolute atomic E-state index is 0.00815. The number of anilines is 1. The summed E-state index contributed by atoms with van der Waals surface area (Å²) < 4.78 is 66.4. The molecule has 0 fully saturated rings. The molecule has 130 valence electrons. The molecule has 1 N–H and O–H groups in total. The van der Waals surface area contributed by atoms with Crippen LogP contribution in [-0.4, -0.2) is 8.42 Å². The first-order chi connectivity index (χ1) is 10.9. The topological polar surface area (TPSA) is 46.2 Å². The van der Waals surface area contributed by atoms with Crippen molar-refractivity contribution in [2.24, 2.45) is 0 Å². The zero-order chi connectivity index (χ0) is 18.3. The van der Waals surface area contributed by atoms with Gasteiger partial charge in [0.1, 0.15) is 4.90 Å². The average molecular weight is 378 g/mol. The van der Waals surface area contributed by atoms with Crippen LogP contribution in [0.4, 0.5) is 18.9 Å². The Kier molecular flexibility index (Phi) is 4.88. The first-order valence-corrected chi connectivity index (χ1v) is 8.76. The van der Waals surface area contributed by atoms with Gasteiger partial charge >= 0.3 is 0 Å². The van der Waals surface area contributed by atoms with Gasteiger partial charge in [-0.05, 0) is 35.2 Å². The molecule has 0 radical (unpaired) electrons. The number of benzene rings is 2. The summed E-state index contributed by atoms with van der Waals surface area (Å²) in [6, 6.07) is 5.87. The van der Waals surface area contributed by atoms with Gasteiger partial charge in [-0.3, -0.25) is 4.72 Å². The van der Waals surface area contributed by atoms with E-state index in [-0.39, 0.29) is 16.1 Å². The molecule has 2 rings (SSSR count). The molecule has 0 aliphatic heterocycles. The summed E-state index contributed by atoms with van der Waals surface area (Å²) in [5.41, 5.74) is 0.677. The summed E-state index contributed by atoms with van der Waals surface area (Å²) in [5, 5.41) is 0.106. The first-order valence-electron chi connectivity index (χ1n) is 6.90. The average Bonchev–Trinajstić information content (AvgIpc) is 2.45. The fourth-order valence-electron chi connectivity index (χ4n) is 1.98. The molecule has 0 amide bonds. The fourth-order valence-corrected chi connectivity index (χ4v) is 3.41. The molecule has 0 aromatic heterocycles. The predicted octanol–water partition coefficient (Wildman–Crippen LogP) is 4.86. The van der Waals surface area contributed by atoms with Crippen LogP contribution in [0.2, 0.25) is 5.02 Å². The fraction of sp³-hybridized carbons (Fsp3) is 0.250. The highest BCUT2D eigenvalue weighted by Gasteiger charge is 2.25. The van der Waals surface area contributed by atoms with E-state index in [1.165, 1.54) is 6.07 Å². The van der Waals surface area contributed by atoms with Crippen LogP contribution in [0.1, 0.15) is 26.3 Å². The first kappa shape index (κ1) is 18.6. The molecule has 0 spiro atoms. The third-order valence-electron chi connectivity index (χ3n) is 3.37. The van der Waals surface area contributed by atoms with E-state index in [4.69, 9.17) is 11.6 Å². The van der Waals surface area contributed by atoms with Gasteiger partial charge in [-0.15, -0.1) is 0 Å². The van der Waals surface area contributed by atoms with Crippen LogP contribution in [0.3, 0.4) is 0 Å². The third kappa shape index (κ3) is 3.67. The highest BCUT2D eigenvalue weighted by atomic mass is 35.5. The minimum atomic E-state index is -4.47. The Morgan fingerprint density at radius 3 is 2.17 bits per heavy atom. The molecule has 0 aliphatic rings. The Hall–Kier alpha value is -1.73. The van der Waals surface area contributed by atoms with Gasteiger partial charge in [0.25, 0.3) is 10.0 Å². The normalized spacial score (nSPS) is 12.3. The standard InChI is InChI=1S/C16H15ClF3NO2S/c1-16(2,3)9-4-6-12(10(17)8-9)21-24(22,23)13-7-5-11(18)14(19)15(13)20/h4-8,21H,1-3H3. The molecule has 0 unspecified atom stereocenters. The SMILES string of the molecule is CC(C)(C)c1ccc(NS(=O)(=O)c2ccc(F)c(F)c2F)c(Cl)c1. The monoisotopic (exact) mass is 377 g/mol. The Labute approximate surface area is 143 Å². The molecule has 0 saturated heterocycles. The Balaban J connectivity index is 2.42. The molecular formula is C16H15ClF3NO2S. The van der Waals surface area contributed by atoms with E-state index in [0.29, 0.717) is 12.1 Å². The number of nitrogens with one attached hydrogen (secondary N) is 1. The van der Waals surface area contributed by atoms with Crippen molar-refractivity contribution in [2.75, 3.05) is 4.72 Å². The predicted molar refractivity (Wildman–Crippen MR) is 87.3 cm³/mol. The van der Waals surface area contributed by atoms with Crippen LogP contribution >= 0.6 is 11.6 Å². The lowest BCUT2D eigenvalue weighted by Crippen LogP contribution is -2.17. The van der Waals surface area contributed by atoms with E-state index >= 15 is 0 Å². The smallest absolute Gasteiger partial charge is 0.264 e. The molecule has 2 aromatic rings. The van der Waals surface area contributed by atoms with E-state index < -0.39 is 32.4 Å². The zero-order valence-electron chi connectivity index (χ0n) is 13.1. The number of sulfonamides is 1. The van der Waals surface area contributed by atoms with E-state index in [9.17, 15) is 21.6 Å². The van der Waals surface area contributed by atoms with Crippen molar-refractivity contribution < 1.29 is 21.6 Å². The summed E-state index contributed by atoms with van der Waals surface area (Å²) in [5.74, 6) is -5.11. The molecule has 24 heavy (non-hydrogen) atoms. The van der Waals surface area contributed by atoms with Gasteiger partial charge in [0, 0.05) is 0 Å². The molecule has 0 bridgehead atoms. The van der Waals surface area contributed by atoms with E-state index in [1.54, 1.807) is 12.1 Å². The van der Waals surface area contributed by atoms with Crippen molar-refractivity contribution in [2.45, 2.75) is 31.1 Å². The second-order valence-corrected chi connectivity index (χ2v) is 8.28. The Morgan fingerprint density at radius 2 is 1.62 bits per heavy atom. The van der Waals surface area contributed by atoms with E-state index in [1.807, 2.05) is 20.8 Å². The van der Waals surface area contributed by atoms with Gasteiger partial charge < -0.3 is 0 Å². The largest absolute Gasteiger partial charge is 0.278 e. The summed E-state index contributed by atoms with van der Waals surface area (Å²) >= 11 is 6.07. The van der Waals surface area contributed by atoms with Gasteiger partial charge in [-0.2, -0.15) is 0 Å². The Morgan fingerprint density at radius 1 is 1.00 bits per heavy atom. The maximum Gasteiger partial charge on any atom is 0.264 e. The molecule has 0 aliphatic carbocycles. The second-order valence-electron chi connectivity index (χ2n) is 6.22. The summed E-state index contributed by atoms with van der Waals surface area (Å²) in [6.07, 6.45) is 0. The van der Waals surface area contributed by atoms with Gasteiger partial charge in [0.15, 0.2) is 17.5 Å². The lowest BCUT2D eigenvalue weighted by Gasteiger charge is -2.20. The highest BCUT2D eigenvalue weighted by Crippen LogP contribution is 2.31. The van der Waals surface area contributed by atoms with E-state index in [2.05, 4.69) is 4.72 Å². The van der Waals surface area contributed by atoms with Crippen molar-refractivity contribution in [3.05, 3.63) is 58.4 Å². The maximum absolute atomic E-state index is 13.7. The molecule has 3 nitrogen and oxygen atoms in total. The van der Waals surface area contributed by atoms with Gasteiger partial charge in [-0.25, -0.2) is 21.6 Å². The quantitative estimate of drug-likeness (QED) is 0.777. The highest BCUT2D eigenvalue weighted by molar-refractivity contribution is 7.92. The number of hydrogen-bond donors (Lipinski definition) is 1. The van der Waals surface area contributed by atoms with Gasteiger partial charge in [0.2, 0.25) is 0 Å². The molecule has 8 heteroatoms. The summed E-state index contributed by atoms with van der Waals surface area (Å²) in [6.45, 7) is 5.87. The van der Waals surface area contributed by atoms with Crippen LogP contribution in [0.25, 0.3) is 0 Å². The number of halogens is 4. The third-order valence-corrected chi connectivity index (χ3v) is 5.06. The van der Waals surface area contributed by atoms with Crippen LogP contribution in [0.5, 0.6) is 0 Å². The van der Waals surface area contributed by atoms with Crippen molar-refractivity contribution in [3.63, 3.8) is 0 Å². The minimum Gasteiger partial charge on any atom is -0.278 e. The molecule has 0 heterocycles. The van der Waals surface area contributed by atoms with Gasteiger partial charge in [-0.1, -0.05) is 38.4 Å². The summed E-state index contributed by atoms with van der Waals surface area (Å²) in [4.78, 5) is -1.00. The zero-order valence-corrected chi connectivity index (χ0v) is 14.7. The van der Waals surface area contributed by atoms with Crippen molar-refractivity contribution in [1.82, 2.24) is 0 Å². The lowest BCUT2D eigenvalue weighted by atomic mass is 9.87. The van der Waals surface area contributed by atoms with Crippen LogP contribution in [0, 0.1) is 17.5 Å². The Bertz CT molecular complexity index is 893. The molecular weight excluding hydrogens is 363 g/mol. The van der Waals surface area contributed by atoms with Gasteiger partial charge in [0.05, 0.1) is 10.7 Å². The van der Waals surface area contributed by atoms with Crippen molar-refractivity contribution in [3.8, 4) is 0 Å². The molecule has 0 saturated carbocycles. The van der Waals surface area contributed by atoms with Crippen LogP contribution < -0.4 is 4.72 Å². The number of hydrogen-bond acceptors (Lipinski definition) is 2. The number of rotatable bonds is 3. The molecule has 0 atom stereocenters. The van der Waals surface area contributed by atoms with E-state index in [0.717, 1.165) is 5.56 Å². The molecule has 2 aromatic carbocycles. The maximum atomic E-state index is 13.7. The second kappa shape index (κ2) is 6.29. The van der Waals surface area contributed by atoms with Crippen molar-refractivity contribution in [1.29, 1.82) is 0 Å².